The maximum Gasteiger partial charge on any atom is 0.197 e. The Morgan fingerprint density at radius 1 is 1.17 bits per heavy atom. The Morgan fingerprint density at radius 3 is 2.61 bits per heavy atom. The first-order valence-electron chi connectivity index (χ1n) is 7.66. The van der Waals surface area contributed by atoms with Crippen LogP contribution >= 0.6 is 0 Å². The first-order valence-corrected chi connectivity index (χ1v) is 7.66. The number of aryl methyl sites for hydroxylation is 1. The first-order chi connectivity index (χ1) is 11.1. The summed E-state index contributed by atoms with van der Waals surface area (Å²) in [5.74, 6) is 1.29. The number of rotatable bonds is 5. The molecule has 1 aromatic heterocycles. The number of fused-ring (bicyclic) bond motifs is 1. The highest BCUT2D eigenvalue weighted by Crippen LogP contribution is 2.29. The van der Waals surface area contributed by atoms with E-state index in [1.165, 1.54) is 0 Å². The van der Waals surface area contributed by atoms with Gasteiger partial charge in [-0.15, -0.1) is 0 Å². The van der Waals surface area contributed by atoms with E-state index in [-0.39, 0.29) is 5.78 Å². The van der Waals surface area contributed by atoms with Crippen LogP contribution in [0.25, 0.3) is 11.0 Å². The summed E-state index contributed by atoms with van der Waals surface area (Å²) in [7, 11) is 0. The summed E-state index contributed by atoms with van der Waals surface area (Å²) in [4.78, 5) is 12.8. The lowest BCUT2D eigenvalue weighted by molar-refractivity contribution is 0.103. The fourth-order valence-corrected chi connectivity index (χ4v) is 2.59. The van der Waals surface area contributed by atoms with Crippen LogP contribution in [0.4, 0.5) is 5.69 Å². The van der Waals surface area contributed by atoms with E-state index in [9.17, 15) is 4.79 Å². The van der Waals surface area contributed by atoms with E-state index in [1.54, 1.807) is 37.3 Å². The molecule has 4 heteroatoms. The molecule has 0 amide bonds. The van der Waals surface area contributed by atoms with E-state index in [0.717, 1.165) is 17.6 Å². The van der Waals surface area contributed by atoms with Crippen molar-refractivity contribution in [2.24, 2.45) is 0 Å². The second-order valence-corrected chi connectivity index (χ2v) is 5.49. The van der Waals surface area contributed by atoms with Crippen molar-refractivity contribution in [3.8, 4) is 5.75 Å². The van der Waals surface area contributed by atoms with Crippen LogP contribution in [-0.2, 0) is 0 Å². The number of carbonyl (C=O) groups excluding carboxylic acids is 1. The molecule has 118 valence electrons. The third-order valence-electron chi connectivity index (χ3n) is 3.70. The van der Waals surface area contributed by atoms with Crippen molar-refractivity contribution in [2.45, 2.75) is 20.3 Å². The van der Waals surface area contributed by atoms with Crippen molar-refractivity contribution < 1.29 is 13.9 Å². The van der Waals surface area contributed by atoms with E-state index < -0.39 is 0 Å². The molecule has 0 saturated heterocycles. The van der Waals surface area contributed by atoms with Gasteiger partial charge in [-0.3, -0.25) is 4.79 Å². The van der Waals surface area contributed by atoms with Gasteiger partial charge in [0.15, 0.2) is 5.78 Å². The Bertz CT molecular complexity index is 847. The highest BCUT2D eigenvalue weighted by Gasteiger charge is 2.19. The molecule has 1 heterocycles. The minimum absolute atomic E-state index is 0.0751. The van der Waals surface area contributed by atoms with Crippen LogP contribution in [0.1, 0.15) is 35.0 Å². The summed E-state index contributed by atoms with van der Waals surface area (Å²) in [6, 6.07) is 12.5. The molecule has 0 aliphatic heterocycles. The summed E-state index contributed by atoms with van der Waals surface area (Å²) in [6.07, 6.45) is 0.947. The average molecular weight is 309 g/mol. The molecular formula is C19H19NO3. The van der Waals surface area contributed by atoms with Gasteiger partial charge in [0.25, 0.3) is 0 Å². The van der Waals surface area contributed by atoms with Crippen LogP contribution < -0.4 is 10.5 Å². The van der Waals surface area contributed by atoms with Crippen LogP contribution in [0.5, 0.6) is 5.75 Å². The zero-order valence-electron chi connectivity index (χ0n) is 13.3. The molecule has 0 spiro atoms. The topological polar surface area (TPSA) is 65.5 Å². The minimum atomic E-state index is -0.0751. The largest absolute Gasteiger partial charge is 0.494 e. The number of furan rings is 1. The van der Waals surface area contributed by atoms with E-state index in [1.807, 2.05) is 12.1 Å². The van der Waals surface area contributed by atoms with Crippen LogP contribution in [-0.4, -0.2) is 12.4 Å². The third kappa shape index (κ3) is 2.93. The molecule has 0 fully saturated rings. The molecular weight excluding hydrogens is 290 g/mol. The molecule has 0 aliphatic carbocycles. The maximum absolute atomic E-state index is 12.8. The van der Waals surface area contributed by atoms with Crippen molar-refractivity contribution >= 4 is 22.4 Å². The molecule has 2 N–H and O–H groups in total. The van der Waals surface area contributed by atoms with E-state index in [4.69, 9.17) is 14.9 Å². The predicted octanol–water partition coefficient (Wildman–Crippen LogP) is 4.34. The fraction of sp³-hybridized carbons (Fsp3) is 0.211. The maximum atomic E-state index is 12.8. The number of hydrogen-bond donors (Lipinski definition) is 1. The van der Waals surface area contributed by atoms with E-state index in [0.29, 0.717) is 34.8 Å². The Hall–Kier alpha value is -2.75. The molecule has 0 saturated carbocycles. The lowest BCUT2D eigenvalue weighted by Gasteiger charge is -2.05. The van der Waals surface area contributed by atoms with Crippen molar-refractivity contribution in [3.63, 3.8) is 0 Å². The number of nitrogens with two attached hydrogens (primary N) is 1. The average Bonchev–Trinajstić information content (AvgIpc) is 2.88. The molecule has 2 aromatic carbocycles. The summed E-state index contributed by atoms with van der Waals surface area (Å²) >= 11 is 0. The second kappa shape index (κ2) is 6.16. The quantitative estimate of drug-likeness (QED) is 0.562. The van der Waals surface area contributed by atoms with Gasteiger partial charge in [-0.1, -0.05) is 6.92 Å². The van der Waals surface area contributed by atoms with Crippen LogP contribution in [0, 0.1) is 6.92 Å². The summed E-state index contributed by atoms with van der Waals surface area (Å²) in [6.45, 7) is 4.51. The Morgan fingerprint density at radius 2 is 1.91 bits per heavy atom. The molecule has 0 radical (unpaired) electrons. The molecule has 0 unspecified atom stereocenters. The Kier molecular flexibility index (Phi) is 4.06. The number of ether oxygens (including phenoxy) is 1. The van der Waals surface area contributed by atoms with E-state index in [2.05, 4.69) is 6.92 Å². The van der Waals surface area contributed by atoms with Crippen molar-refractivity contribution in [1.82, 2.24) is 0 Å². The third-order valence-corrected chi connectivity index (χ3v) is 3.70. The van der Waals surface area contributed by atoms with Gasteiger partial charge in [-0.05, 0) is 55.8 Å². The predicted molar refractivity (Wildman–Crippen MR) is 91.0 cm³/mol. The molecule has 0 bridgehead atoms. The van der Waals surface area contributed by atoms with Gasteiger partial charge in [-0.25, -0.2) is 0 Å². The molecule has 0 aliphatic rings. The zero-order chi connectivity index (χ0) is 16.4. The molecule has 0 atom stereocenters. The van der Waals surface area contributed by atoms with Crippen LogP contribution in [0.3, 0.4) is 0 Å². The van der Waals surface area contributed by atoms with Gasteiger partial charge in [0.05, 0.1) is 12.2 Å². The summed E-state index contributed by atoms with van der Waals surface area (Å²) in [5.41, 5.74) is 8.28. The van der Waals surface area contributed by atoms with Crippen LogP contribution in [0.15, 0.2) is 46.9 Å². The zero-order valence-corrected chi connectivity index (χ0v) is 13.3. The Balaban J connectivity index is 1.97. The smallest absolute Gasteiger partial charge is 0.197 e. The molecule has 23 heavy (non-hydrogen) atoms. The van der Waals surface area contributed by atoms with Crippen molar-refractivity contribution in [2.75, 3.05) is 12.3 Å². The number of benzene rings is 2. The number of hydrogen-bond acceptors (Lipinski definition) is 4. The van der Waals surface area contributed by atoms with Gasteiger partial charge < -0.3 is 14.9 Å². The second-order valence-electron chi connectivity index (χ2n) is 5.49. The van der Waals surface area contributed by atoms with Gasteiger partial charge in [-0.2, -0.15) is 0 Å². The highest BCUT2D eigenvalue weighted by atomic mass is 16.5. The van der Waals surface area contributed by atoms with Gasteiger partial charge >= 0.3 is 0 Å². The van der Waals surface area contributed by atoms with Crippen molar-refractivity contribution in [3.05, 3.63) is 59.4 Å². The lowest BCUT2D eigenvalue weighted by Crippen LogP contribution is -2.03. The Labute approximate surface area is 134 Å². The highest BCUT2D eigenvalue weighted by molar-refractivity contribution is 6.17. The van der Waals surface area contributed by atoms with Gasteiger partial charge in [0.2, 0.25) is 0 Å². The van der Waals surface area contributed by atoms with Crippen LogP contribution in [0.2, 0.25) is 0 Å². The van der Waals surface area contributed by atoms with Gasteiger partial charge in [0, 0.05) is 16.6 Å². The first kappa shape index (κ1) is 15.2. The van der Waals surface area contributed by atoms with E-state index >= 15 is 0 Å². The van der Waals surface area contributed by atoms with Crippen molar-refractivity contribution in [1.29, 1.82) is 0 Å². The fourth-order valence-electron chi connectivity index (χ4n) is 2.59. The molecule has 4 nitrogen and oxygen atoms in total. The summed E-state index contributed by atoms with van der Waals surface area (Å²) < 4.78 is 11.2. The number of ketones is 1. The minimum Gasteiger partial charge on any atom is -0.494 e. The SMILES string of the molecule is CCCOc1ccc(C(=O)c2c(C)oc3ccc(N)cc23)cc1. The van der Waals surface area contributed by atoms with Gasteiger partial charge in [0.1, 0.15) is 17.1 Å². The monoisotopic (exact) mass is 309 g/mol. The normalized spacial score (nSPS) is 10.9. The number of carbonyl (C=O) groups is 1. The molecule has 3 rings (SSSR count). The lowest BCUT2D eigenvalue weighted by atomic mass is 10.00. The molecule has 3 aromatic rings. The standard InChI is InChI=1S/C19H19NO3/c1-3-10-22-15-7-4-13(5-8-15)19(21)18-12(2)23-17-9-6-14(20)11-16(17)18/h4-9,11H,3,10,20H2,1-2H3. The number of anilines is 1. The summed E-state index contributed by atoms with van der Waals surface area (Å²) in [5, 5.41) is 0.749. The number of nitrogen functional groups attached to an aromatic ring is 1.